The molecule has 1 N–H and O–H groups in total. The van der Waals surface area contributed by atoms with Crippen molar-refractivity contribution in [2.24, 2.45) is 0 Å². The number of carbonyl (C=O) groups excluding carboxylic acids is 3. The zero-order valence-electron chi connectivity index (χ0n) is 17.5. The number of hydrogen-bond donors (Lipinski definition) is 1. The van der Waals surface area contributed by atoms with Crippen molar-refractivity contribution in [2.75, 3.05) is 13.7 Å². The van der Waals surface area contributed by atoms with E-state index < -0.39 is 30.1 Å². The van der Waals surface area contributed by atoms with Crippen molar-refractivity contribution in [2.45, 2.75) is 39.0 Å². The van der Waals surface area contributed by atoms with Crippen LogP contribution in [-0.4, -0.2) is 48.6 Å². The monoisotopic (exact) mass is 412 g/mol. The van der Waals surface area contributed by atoms with Gasteiger partial charge in [-0.15, -0.1) is 0 Å². The van der Waals surface area contributed by atoms with E-state index in [1.54, 1.807) is 13.8 Å². The predicted molar refractivity (Wildman–Crippen MR) is 113 cm³/mol. The van der Waals surface area contributed by atoms with Crippen molar-refractivity contribution in [1.82, 2.24) is 10.2 Å². The van der Waals surface area contributed by atoms with Gasteiger partial charge in [0.2, 0.25) is 5.91 Å². The third kappa shape index (κ3) is 6.92. The summed E-state index contributed by atoms with van der Waals surface area (Å²) in [5, 5.41) is 2.70. The van der Waals surface area contributed by atoms with Gasteiger partial charge in [-0.2, -0.15) is 0 Å². The smallest absolute Gasteiger partial charge is 0.410 e. The van der Waals surface area contributed by atoms with Gasteiger partial charge < -0.3 is 14.8 Å². The van der Waals surface area contributed by atoms with Gasteiger partial charge in [-0.1, -0.05) is 60.7 Å². The normalized spacial score (nSPS) is 12.4. The van der Waals surface area contributed by atoms with E-state index in [1.807, 2.05) is 60.7 Å². The number of esters is 1. The molecular weight excluding hydrogens is 384 g/mol. The average Bonchev–Trinajstić information content (AvgIpc) is 2.77. The van der Waals surface area contributed by atoms with Crippen LogP contribution in [0.3, 0.4) is 0 Å². The third-order valence-corrected chi connectivity index (χ3v) is 4.62. The lowest BCUT2D eigenvalue weighted by Crippen LogP contribution is -2.52. The lowest BCUT2D eigenvalue weighted by Gasteiger charge is -2.25. The quantitative estimate of drug-likeness (QED) is 0.640. The van der Waals surface area contributed by atoms with Crippen LogP contribution >= 0.6 is 0 Å². The number of nitrogens with zero attached hydrogens (tertiary/aromatic N) is 1. The number of benzene rings is 2. The van der Waals surface area contributed by atoms with Crippen molar-refractivity contribution in [1.29, 1.82) is 0 Å². The fourth-order valence-electron chi connectivity index (χ4n) is 2.73. The number of nitrogens with one attached hydrogen (secondary N) is 1. The Morgan fingerprint density at radius 1 is 0.933 bits per heavy atom. The first-order valence-corrected chi connectivity index (χ1v) is 9.86. The van der Waals surface area contributed by atoms with Gasteiger partial charge in [0.05, 0.1) is 6.61 Å². The molecule has 0 spiro atoms. The highest BCUT2D eigenvalue weighted by Gasteiger charge is 2.29. The standard InChI is InChI=1S/C23H28N2O5/c1-4-29-22(27)20(15-18-11-7-5-8-12-18)24-21(26)17(2)25(3)23(28)30-16-19-13-9-6-10-14-19/h5-14,17,20H,4,15-16H2,1-3H3,(H,24,26)/t17-,20+/m0/s1. The van der Waals surface area contributed by atoms with Crippen LogP contribution in [0.5, 0.6) is 0 Å². The molecule has 2 aromatic carbocycles. The average molecular weight is 412 g/mol. The third-order valence-electron chi connectivity index (χ3n) is 4.62. The molecule has 0 saturated carbocycles. The molecule has 0 heterocycles. The van der Waals surface area contributed by atoms with Gasteiger partial charge in [0.1, 0.15) is 18.7 Å². The summed E-state index contributed by atoms with van der Waals surface area (Å²) in [5.74, 6) is -0.987. The molecule has 0 aliphatic carbocycles. The Morgan fingerprint density at radius 2 is 1.50 bits per heavy atom. The summed E-state index contributed by atoms with van der Waals surface area (Å²) in [6.45, 7) is 3.60. The molecule has 7 heteroatoms. The maximum atomic E-state index is 12.7. The molecule has 0 bridgehead atoms. The molecule has 0 unspecified atom stereocenters. The Kier molecular flexibility index (Phi) is 8.87. The van der Waals surface area contributed by atoms with Gasteiger partial charge in [0.25, 0.3) is 0 Å². The molecule has 0 saturated heterocycles. The molecule has 160 valence electrons. The van der Waals surface area contributed by atoms with Crippen LogP contribution in [0.1, 0.15) is 25.0 Å². The fraction of sp³-hybridized carbons (Fsp3) is 0.348. The van der Waals surface area contributed by atoms with Gasteiger partial charge in [-0.3, -0.25) is 9.69 Å². The molecule has 0 radical (unpaired) electrons. The highest BCUT2D eigenvalue weighted by Crippen LogP contribution is 2.08. The number of ether oxygens (including phenoxy) is 2. The second-order valence-electron chi connectivity index (χ2n) is 6.83. The minimum Gasteiger partial charge on any atom is -0.464 e. The van der Waals surface area contributed by atoms with E-state index in [0.717, 1.165) is 11.1 Å². The summed E-state index contributed by atoms with van der Waals surface area (Å²) >= 11 is 0. The molecule has 0 aliphatic rings. The molecular formula is C23H28N2O5. The van der Waals surface area contributed by atoms with Gasteiger partial charge in [0, 0.05) is 13.5 Å². The molecule has 0 aliphatic heterocycles. The van der Waals surface area contributed by atoms with Crippen molar-refractivity contribution in [3.8, 4) is 0 Å². The first-order valence-electron chi connectivity index (χ1n) is 9.86. The summed E-state index contributed by atoms with van der Waals surface area (Å²) in [4.78, 5) is 38.5. The van der Waals surface area contributed by atoms with Crippen molar-refractivity contribution < 1.29 is 23.9 Å². The highest BCUT2D eigenvalue weighted by molar-refractivity contribution is 5.89. The Morgan fingerprint density at radius 3 is 2.07 bits per heavy atom. The van der Waals surface area contributed by atoms with E-state index in [0.29, 0.717) is 6.42 Å². The number of carbonyl (C=O) groups is 3. The second-order valence-corrected chi connectivity index (χ2v) is 6.83. The van der Waals surface area contributed by atoms with Crippen LogP contribution in [0.15, 0.2) is 60.7 Å². The number of likely N-dealkylation sites (N-methyl/N-ethyl adjacent to an activating group) is 1. The molecule has 0 aromatic heterocycles. The van der Waals surface area contributed by atoms with Crippen molar-refractivity contribution in [3.05, 3.63) is 71.8 Å². The maximum absolute atomic E-state index is 12.7. The van der Waals surface area contributed by atoms with Crippen molar-refractivity contribution in [3.63, 3.8) is 0 Å². The molecule has 2 rings (SSSR count). The summed E-state index contributed by atoms with van der Waals surface area (Å²) in [7, 11) is 1.48. The van der Waals surface area contributed by atoms with Crippen LogP contribution in [0.2, 0.25) is 0 Å². The molecule has 2 aromatic rings. The minimum atomic E-state index is -0.851. The largest absolute Gasteiger partial charge is 0.464 e. The van der Waals surface area contributed by atoms with E-state index in [9.17, 15) is 14.4 Å². The minimum absolute atomic E-state index is 0.109. The van der Waals surface area contributed by atoms with E-state index in [2.05, 4.69) is 5.32 Å². The first-order chi connectivity index (χ1) is 14.4. The second kappa shape index (κ2) is 11.6. The van der Waals surface area contributed by atoms with Gasteiger partial charge in [0.15, 0.2) is 0 Å². The molecule has 7 nitrogen and oxygen atoms in total. The Bertz CT molecular complexity index is 826. The van der Waals surface area contributed by atoms with E-state index in [1.165, 1.54) is 11.9 Å². The van der Waals surface area contributed by atoms with Crippen LogP contribution in [0.4, 0.5) is 4.79 Å². The lowest BCUT2D eigenvalue weighted by molar-refractivity contribution is -0.147. The van der Waals surface area contributed by atoms with E-state index in [4.69, 9.17) is 9.47 Å². The maximum Gasteiger partial charge on any atom is 0.410 e. The van der Waals surface area contributed by atoms with Crippen LogP contribution < -0.4 is 5.32 Å². The summed E-state index contributed by atoms with van der Waals surface area (Å²) in [6.07, 6.45) is -0.336. The summed E-state index contributed by atoms with van der Waals surface area (Å²) in [6, 6.07) is 16.9. The zero-order valence-corrected chi connectivity index (χ0v) is 17.5. The van der Waals surface area contributed by atoms with Crippen LogP contribution in [0.25, 0.3) is 0 Å². The van der Waals surface area contributed by atoms with E-state index >= 15 is 0 Å². The molecule has 0 fully saturated rings. The molecule has 2 atom stereocenters. The lowest BCUT2D eigenvalue weighted by atomic mass is 10.1. The summed E-state index contributed by atoms with van der Waals surface area (Å²) < 4.78 is 10.4. The van der Waals surface area contributed by atoms with E-state index in [-0.39, 0.29) is 13.2 Å². The van der Waals surface area contributed by atoms with Gasteiger partial charge in [-0.25, -0.2) is 9.59 Å². The SMILES string of the molecule is CCOC(=O)[C@@H](Cc1ccccc1)NC(=O)[C@H](C)N(C)C(=O)OCc1ccccc1. The summed E-state index contributed by atoms with van der Waals surface area (Å²) in [5.41, 5.74) is 1.74. The zero-order chi connectivity index (χ0) is 21.9. The molecule has 30 heavy (non-hydrogen) atoms. The molecule has 2 amide bonds. The first kappa shape index (κ1) is 22.9. The van der Waals surface area contributed by atoms with Crippen molar-refractivity contribution >= 4 is 18.0 Å². The number of amides is 2. The van der Waals surface area contributed by atoms with Crippen LogP contribution in [-0.2, 0) is 32.1 Å². The fourth-order valence-corrected chi connectivity index (χ4v) is 2.73. The van der Waals surface area contributed by atoms with Crippen LogP contribution in [0, 0.1) is 0 Å². The highest BCUT2D eigenvalue weighted by atomic mass is 16.6. The number of hydrogen-bond acceptors (Lipinski definition) is 5. The Labute approximate surface area is 177 Å². The predicted octanol–water partition coefficient (Wildman–Crippen LogP) is 2.93. The van der Waals surface area contributed by atoms with Gasteiger partial charge in [-0.05, 0) is 25.0 Å². The Hall–Kier alpha value is -3.35. The Balaban J connectivity index is 1.96. The topological polar surface area (TPSA) is 84.9 Å². The van der Waals surface area contributed by atoms with Gasteiger partial charge >= 0.3 is 12.1 Å². The number of rotatable bonds is 9.